The van der Waals surface area contributed by atoms with Crippen molar-refractivity contribution >= 4 is 22.6 Å². The lowest BCUT2D eigenvalue weighted by Crippen LogP contribution is -2.04. The zero-order chi connectivity index (χ0) is 13.0. The van der Waals surface area contributed by atoms with E-state index in [1.165, 1.54) is 11.1 Å². The fourth-order valence-corrected chi connectivity index (χ4v) is 2.32. The summed E-state index contributed by atoms with van der Waals surface area (Å²) in [6.45, 7) is 2.77. The largest absolute Gasteiger partial charge is 0.456 e. The molecule has 0 fully saturated rings. The standard InChI is InChI=1S/C15H16INO/c1-11-10-13(7-6-12(11)8-9-17)18-15-5-3-2-4-14(15)16/h2-7,10H,8-9,17H2,1H3. The number of rotatable bonds is 4. The van der Waals surface area contributed by atoms with E-state index in [1.807, 2.05) is 30.3 Å². The van der Waals surface area contributed by atoms with Crippen molar-refractivity contribution in [1.82, 2.24) is 0 Å². The van der Waals surface area contributed by atoms with Gasteiger partial charge in [-0.05, 0) is 77.9 Å². The second-order valence-corrected chi connectivity index (χ2v) is 5.32. The van der Waals surface area contributed by atoms with Crippen molar-refractivity contribution in [3.8, 4) is 11.5 Å². The third kappa shape index (κ3) is 3.23. The molecule has 0 atom stereocenters. The molecule has 0 saturated carbocycles. The smallest absolute Gasteiger partial charge is 0.140 e. The fraction of sp³-hybridized carbons (Fsp3) is 0.200. The Kier molecular flexibility index (Phi) is 4.60. The Balaban J connectivity index is 2.20. The molecule has 0 spiro atoms. The van der Waals surface area contributed by atoms with Crippen LogP contribution in [0.25, 0.3) is 0 Å². The van der Waals surface area contributed by atoms with Crippen molar-refractivity contribution in [2.45, 2.75) is 13.3 Å². The van der Waals surface area contributed by atoms with Gasteiger partial charge in [0, 0.05) is 0 Å². The molecule has 0 amide bonds. The van der Waals surface area contributed by atoms with Gasteiger partial charge in [0.2, 0.25) is 0 Å². The van der Waals surface area contributed by atoms with Crippen LogP contribution in [0.5, 0.6) is 11.5 Å². The summed E-state index contributed by atoms with van der Waals surface area (Å²) >= 11 is 2.27. The third-order valence-electron chi connectivity index (χ3n) is 2.79. The van der Waals surface area contributed by atoms with E-state index in [4.69, 9.17) is 10.5 Å². The third-order valence-corrected chi connectivity index (χ3v) is 3.68. The van der Waals surface area contributed by atoms with Crippen LogP contribution in [0, 0.1) is 10.5 Å². The maximum atomic E-state index is 5.88. The van der Waals surface area contributed by atoms with Gasteiger partial charge in [-0.1, -0.05) is 18.2 Å². The summed E-state index contributed by atoms with van der Waals surface area (Å²) in [6, 6.07) is 14.1. The summed E-state index contributed by atoms with van der Waals surface area (Å²) in [5.41, 5.74) is 8.09. The van der Waals surface area contributed by atoms with Crippen LogP contribution in [-0.2, 0) is 6.42 Å². The molecule has 3 heteroatoms. The van der Waals surface area contributed by atoms with Crippen molar-refractivity contribution in [1.29, 1.82) is 0 Å². The van der Waals surface area contributed by atoms with Crippen LogP contribution in [0.1, 0.15) is 11.1 Å². The molecule has 0 heterocycles. The molecule has 0 unspecified atom stereocenters. The van der Waals surface area contributed by atoms with Gasteiger partial charge >= 0.3 is 0 Å². The average molecular weight is 353 g/mol. The molecule has 94 valence electrons. The fourth-order valence-electron chi connectivity index (χ4n) is 1.82. The van der Waals surface area contributed by atoms with E-state index >= 15 is 0 Å². The second-order valence-electron chi connectivity index (χ2n) is 4.16. The number of nitrogens with two attached hydrogens (primary N) is 1. The van der Waals surface area contributed by atoms with E-state index < -0.39 is 0 Å². The lowest BCUT2D eigenvalue weighted by molar-refractivity contribution is 0.478. The topological polar surface area (TPSA) is 35.2 Å². The Hall–Kier alpha value is -1.07. The second kappa shape index (κ2) is 6.20. The molecule has 2 aromatic rings. The lowest BCUT2D eigenvalue weighted by Gasteiger charge is -2.10. The van der Waals surface area contributed by atoms with Crippen molar-refractivity contribution in [3.63, 3.8) is 0 Å². The van der Waals surface area contributed by atoms with Gasteiger partial charge in [-0.25, -0.2) is 0 Å². The van der Waals surface area contributed by atoms with Gasteiger partial charge in [0.15, 0.2) is 0 Å². The Bertz CT molecular complexity index is 540. The summed E-state index contributed by atoms with van der Waals surface area (Å²) in [4.78, 5) is 0. The number of benzene rings is 2. The molecular weight excluding hydrogens is 337 g/mol. The lowest BCUT2D eigenvalue weighted by atomic mass is 10.1. The molecule has 0 aliphatic rings. The van der Waals surface area contributed by atoms with E-state index in [2.05, 4.69) is 41.6 Å². The number of hydrogen-bond donors (Lipinski definition) is 1. The molecule has 2 aromatic carbocycles. The average Bonchev–Trinajstić information content (AvgIpc) is 2.36. The van der Waals surface area contributed by atoms with E-state index in [0.29, 0.717) is 6.54 Å². The van der Waals surface area contributed by atoms with E-state index in [9.17, 15) is 0 Å². The minimum absolute atomic E-state index is 0.678. The summed E-state index contributed by atoms with van der Waals surface area (Å²) < 4.78 is 6.99. The highest BCUT2D eigenvalue weighted by Crippen LogP contribution is 2.27. The first-order chi connectivity index (χ1) is 8.70. The normalized spacial score (nSPS) is 10.4. The molecule has 0 aliphatic carbocycles. The molecule has 2 rings (SSSR count). The minimum atomic E-state index is 0.678. The van der Waals surface area contributed by atoms with Gasteiger partial charge in [0.25, 0.3) is 0 Å². The number of para-hydroxylation sites is 1. The highest BCUT2D eigenvalue weighted by Gasteiger charge is 2.04. The molecule has 2 N–H and O–H groups in total. The Morgan fingerprint density at radius 1 is 1.17 bits per heavy atom. The van der Waals surface area contributed by atoms with Crippen molar-refractivity contribution < 1.29 is 4.74 Å². The molecule has 2 nitrogen and oxygen atoms in total. The predicted octanol–water partition coefficient (Wildman–Crippen LogP) is 3.89. The van der Waals surface area contributed by atoms with Gasteiger partial charge in [0.05, 0.1) is 3.57 Å². The van der Waals surface area contributed by atoms with Crippen LogP contribution < -0.4 is 10.5 Å². The van der Waals surface area contributed by atoms with E-state index in [1.54, 1.807) is 0 Å². The van der Waals surface area contributed by atoms with Crippen LogP contribution in [0.3, 0.4) is 0 Å². The number of hydrogen-bond acceptors (Lipinski definition) is 2. The predicted molar refractivity (Wildman–Crippen MR) is 83.2 cm³/mol. The van der Waals surface area contributed by atoms with Crippen LogP contribution >= 0.6 is 22.6 Å². The first-order valence-electron chi connectivity index (χ1n) is 5.92. The Morgan fingerprint density at radius 3 is 2.61 bits per heavy atom. The van der Waals surface area contributed by atoms with Crippen LogP contribution in [0.2, 0.25) is 0 Å². The maximum Gasteiger partial charge on any atom is 0.140 e. The number of halogens is 1. The molecule has 0 bridgehead atoms. The zero-order valence-electron chi connectivity index (χ0n) is 10.3. The molecule has 18 heavy (non-hydrogen) atoms. The highest BCUT2D eigenvalue weighted by molar-refractivity contribution is 14.1. The van der Waals surface area contributed by atoms with Gasteiger partial charge in [-0.15, -0.1) is 0 Å². The van der Waals surface area contributed by atoms with Crippen LogP contribution in [-0.4, -0.2) is 6.54 Å². The number of aryl methyl sites for hydroxylation is 1. The number of ether oxygens (including phenoxy) is 1. The zero-order valence-corrected chi connectivity index (χ0v) is 12.5. The first-order valence-corrected chi connectivity index (χ1v) is 7.00. The van der Waals surface area contributed by atoms with Crippen molar-refractivity contribution in [3.05, 3.63) is 57.2 Å². The van der Waals surface area contributed by atoms with Gasteiger partial charge < -0.3 is 10.5 Å². The summed E-state index contributed by atoms with van der Waals surface area (Å²) in [5, 5.41) is 0. The molecule has 0 radical (unpaired) electrons. The monoisotopic (exact) mass is 353 g/mol. The van der Waals surface area contributed by atoms with E-state index in [-0.39, 0.29) is 0 Å². The van der Waals surface area contributed by atoms with Crippen LogP contribution in [0.15, 0.2) is 42.5 Å². The van der Waals surface area contributed by atoms with Gasteiger partial charge in [0.1, 0.15) is 11.5 Å². The quantitative estimate of drug-likeness (QED) is 0.847. The maximum absolute atomic E-state index is 5.88. The van der Waals surface area contributed by atoms with E-state index in [0.717, 1.165) is 21.5 Å². The minimum Gasteiger partial charge on any atom is -0.456 e. The van der Waals surface area contributed by atoms with Crippen molar-refractivity contribution in [2.24, 2.45) is 5.73 Å². The first kappa shape index (κ1) is 13.4. The molecule has 0 aliphatic heterocycles. The SMILES string of the molecule is Cc1cc(Oc2ccccc2I)ccc1CCN. The molecule has 0 aromatic heterocycles. The van der Waals surface area contributed by atoms with Gasteiger partial charge in [-0.3, -0.25) is 0 Å². The van der Waals surface area contributed by atoms with Crippen LogP contribution in [0.4, 0.5) is 0 Å². The van der Waals surface area contributed by atoms with Gasteiger partial charge in [-0.2, -0.15) is 0 Å². The molecule has 0 saturated heterocycles. The van der Waals surface area contributed by atoms with Crippen molar-refractivity contribution in [2.75, 3.05) is 6.54 Å². The molecular formula is C15H16INO. The summed E-state index contributed by atoms with van der Waals surface area (Å²) in [7, 11) is 0. The Morgan fingerprint density at radius 2 is 1.94 bits per heavy atom. The summed E-state index contributed by atoms with van der Waals surface area (Å²) in [6.07, 6.45) is 0.912. The highest BCUT2D eigenvalue weighted by atomic mass is 127. The summed E-state index contributed by atoms with van der Waals surface area (Å²) in [5.74, 6) is 1.77. The Labute approximate surface area is 121 Å².